The second-order valence-electron chi connectivity index (χ2n) is 9.58. The zero-order valence-electron chi connectivity index (χ0n) is 16.0. The first-order chi connectivity index (χ1) is 12.2. The van der Waals surface area contributed by atoms with Gasteiger partial charge in [0.2, 0.25) is 0 Å². The molecule has 2 bridgehead atoms. The van der Waals surface area contributed by atoms with Crippen molar-refractivity contribution in [3.8, 4) is 6.07 Å². The smallest absolute Gasteiger partial charge is 0.410 e. The molecular weight excluding hydrogens is 332 g/mol. The topological polar surface area (TPSA) is 76.9 Å². The van der Waals surface area contributed by atoms with Gasteiger partial charge in [-0.25, -0.2) is 9.59 Å². The fourth-order valence-corrected chi connectivity index (χ4v) is 5.50. The van der Waals surface area contributed by atoms with Crippen LogP contribution < -0.4 is 0 Å². The van der Waals surface area contributed by atoms with Crippen molar-refractivity contribution in [3.05, 3.63) is 0 Å². The first-order valence-electron chi connectivity index (χ1n) is 9.60. The Morgan fingerprint density at radius 1 is 1.27 bits per heavy atom. The molecule has 5 fully saturated rings. The summed E-state index contributed by atoms with van der Waals surface area (Å²) in [5.74, 6) is 0. The molecule has 2 aliphatic heterocycles. The molecule has 2 saturated heterocycles. The van der Waals surface area contributed by atoms with Crippen LogP contribution in [-0.2, 0) is 4.74 Å². The normalized spacial score (nSPS) is 35.8. The molecule has 0 radical (unpaired) electrons. The third-order valence-electron chi connectivity index (χ3n) is 6.56. The van der Waals surface area contributed by atoms with Gasteiger partial charge >= 0.3 is 12.1 Å². The Morgan fingerprint density at radius 3 is 2.65 bits per heavy atom. The van der Waals surface area contributed by atoms with E-state index in [0.29, 0.717) is 32.6 Å². The third kappa shape index (κ3) is 2.62. The van der Waals surface area contributed by atoms with Crippen molar-refractivity contribution in [1.29, 1.82) is 5.26 Å². The Kier molecular flexibility index (Phi) is 3.70. The molecule has 0 aromatic rings. The largest absolute Gasteiger partial charge is 0.444 e. The van der Waals surface area contributed by atoms with Gasteiger partial charge in [0.15, 0.2) is 0 Å². The standard InChI is InChI=1S/C19H28N4O3/c1-17(2,3)26-16(25)21-8-9-22-14(10-21)11-23(15(22)24)19-5-4-18(12-19,13-19)6-7-20/h14H,4-6,8-13H2,1-3H3/t14-,18?,19?/m0/s1. The quantitative estimate of drug-likeness (QED) is 0.758. The number of fused-ring (bicyclic) bond motifs is 2. The summed E-state index contributed by atoms with van der Waals surface area (Å²) in [7, 11) is 0. The minimum absolute atomic E-state index is 0.0397. The van der Waals surface area contributed by atoms with Crippen molar-refractivity contribution in [3.63, 3.8) is 0 Å². The van der Waals surface area contributed by atoms with Crippen molar-refractivity contribution < 1.29 is 14.3 Å². The van der Waals surface area contributed by atoms with Gasteiger partial charge in [-0.2, -0.15) is 5.26 Å². The molecule has 5 rings (SSSR count). The molecule has 142 valence electrons. The zero-order valence-corrected chi connectivity index (χ0v) is 16.0. The number of carbonyl (C=O) groups excluding carboxylic acids is 2. The number of carbonyl (C=O) groups is 2. The lowest BCUT2D eigenvalue weighted by molar-refractivity contribution is 0.0108. The lowest BCUT2D eigenvalue weighted by atomic mass is 9.63. The summed E-state index contributed by atoms with van der Waals surface area (Å²) in [6.07, 6.45) is 4.32. The van der Waals surface area contributed by atoms with Crippen LogP contribution in [0.3, 0.4) is 0 Å². The van der Waals surface area contributed by atoms with Crippen molar-refractivity contribution in [1.82, 2.24) is 14.7 Å². The Balaban J connectivity index is 1.42. The minimum atomic E-state index is -0.509. The maximum absolute atomic E-state index is 13.0. The highest BCUT2D eigenvalue weighted by molar-refractivity contribution is 5.79. The summed E-state index contributed by atoms with van der Waals surface area (Å²) < 4.78 is 5.49. The first-order valence-corrected chi connectivity index (χ1v) is 9.60. The summed E-state index contributed by atoms with van der Waals surface area (Å²) in [5.41, 5.74) is -0.396. The summed E-state index contributed by atoms with van der Waals surface area (Å²) >= 11 is 0. The van der Waals surface area contributed by atoms with Crippen LogP contribution in [0, 0.1) is 16.7 Å². The number of hydrogen-bond acceptors (Lipinski definition) is 4. The third-order valence-corrected chi connectivity index (χ3v) is 6.56. The predicted octanol–water partition coefficient (Wildman–Crippen LogP) is 2.57. The summed E-state index contributed by atoms with van der Waals surface area (Å²) in [6.45, 7) is 7.91. The molecule has 26 heavy (non-hydrogen) atoms. The molecule has 3 amide bonds. The van der Waals surface area contributed by atoms with Gasteiger partial charge in [0, 0.05) is 38.1 Å². The SMILES string of the molecule is CC(C)(C)OC(=O)N1CCN2C(=O)N(C34CCC(CC#N)(C3)C4)C[C@@H]2C1. The second kappa shape index (κ2) is 5.51. The van der Waals surface area contributed by atoms with Crippen LogP contribution >= 0.6 is 0 Å². The highest BCUT2D eigenvalue weighted by Gasteiger charge is 2.65. The maximum Gasteiger partial charge on any atom is 0.410 e. The zero-order chi connectivity index (χ0) is 18.7. The van der Waals surface area contributed by atoms with Crippen molar-refractivity contribution in [2.45, 2.75) is 70.1 Å². The minimum Gasteiger partial charge on any atom is -0.444 e. The van der Waals surface area contributed by atoms with Gasteiger partial charge in [0.05, 0.1) is 12.1 Å². The lowest BCUT2D eigenvalue weighted by Gasteiger charge is -2.51. The number of hydrogen-bond donors (Lipinski definition) is 0. The van der Waals surface area contributed by atoms with Gasteiger partial charge in [-0.05, 0) is 51.9 Å². The molecule has 2 heterocycles. The molecule has 3 saturated carbocycles. The van der Waals surface area contributed by atoms with Gasteiger partial charge in [-0.15, -0.1) is 0 Å². The fraction of sp³-hybridized carbons (Fsp3) is 0.842. The molecule has 1 atom stereocenters. The molecule has 0 aromatic carbocycles. The Morgan fingerprint density at radius 2 is 2.00 bits per heavy atom. The monoisotopic (exact) mass is 360 g/mol. The molecule has 7 heteroatoms. The molecule has 0 aromatic heterocycles. The highest BCUT2D eigenvalue weighted by Crippen LogP contribution is 2.66. The Bertz CT molecular complexity index is 671. The van der Waals surface area contributed by atoms with Crippen LogP contribution in [0.5, 0.6) is 0 Å². The van der Waals surface area contributed by atoms with E-state index >= 15 is 0 Å². The number of ether oxygens (including phenoxy) is 1. The van der Waals surface area contributed by atoms with Gasteiger partial charge in [-0.3, -0.25) is 0 Å². The number of rotatable bonds is 2. The van der Waals surface area contributed by atoms with E-state index in [1.807, 2.05) is 25.7 Å². The van der Waals surface area contributed by atoms with Crippen molar-refractivity contribution in [2.75, 3.05) is 26.2 Å². The Labute approximate surface area is 154 Å². The van der Waals surface area contributed by atoms with E-state index in [1.54, 1.807) is 4.90 Å². The Hall–Kier alpha value is -1.97. The van der Waals surface area contributed by atoms with Gasteiger partial charge in [0.1, 0.15) is 5.60 Å². The molecule has 3 aliphatic carbocycles. The number of nitriles is 1. The second-order valence-corrected chi connectivity index (χ2v) is 9.58. The molecule has 7 nitrogen and oxygen atoms in total. The van der Waals surface area contributed by atoms with Crippen LogP contribution in [0.4, 0.5) is 9.59 Å². The predicted molar refractivity (Wildman–Crippen MR) is 94.3 cm³/mol. The van der Waals surface area contributed by atoms with Crippen LogP contribution in [0.15, 0.2) is 0 Å². The molecule has 5 aliphatic rings. The van der Waals surface area contributed by atoms with Crippen LogP contribution in [-0.4, -0.2) is 70.2 Å². The number of urea groups is 1. The van der Waals surface area contributed by atoms with Crippen LogP contribution in [0.1, 0.15) is 52.9 Å². The molecular formula is C19H28N4O3. The van der Waals surface area contributed by atoms with Crippen LogP contribution in [0.25, 0.3) is 0 Å². The molecule has 0 spiro atoms. The molecule has 0 unspecified atom stereocenters. The average Bonchev–Trinajstić information content (AvgIpc) is 3.16. The number of nitrogens with zero attached hydrogens (tertiary/aromatic N) is 4. The van der Waals surface area contributed by atoms with E-state index in [0.717, 1.165) is 25.7 Å². The highest BCUT2D eigenvalue weighted by atomic mass is 16.6. The van der Waals surface area contributed by atoms with E-state index in [1.165, 1.54) is 0 Å². The number of amides is 3. The van der Waals surface area contributed by atoms with E-state index in [9.17, 15) is 9.59 Å². The first kappa shape index (κ1) is 17.4. The number of piperazine rings is 1. The fourth-order valence-electron chi connectivity index (χ4n) is 5.50. The lowest BCUT2D eigenvalue weighted by Crippen LogP contribution is -2.57. The van der Waals surface area contributed by atoms with E-state index in [4.69, 9.17) is 10.00 Å². The van der Waals surface area contributed by atoms with Crippen molar-refractivity contribution >= 4 is 12.1 Å². The summed E-state index contributed by atoms with van der Waals surface area (Å²) in [5, 5.41) is 9.06. The average molecular weight is 360 g/mol. The van der Waals surface area contributed by atoms with Gasteiger partial charge < -0.3 is 19.4 Å². The summed E-state index contributed by atoms with van der Waals surface area (Å²) in [6, 6.07) is 2.48. The van der Waals surface area contributed by atoms with E-state index in [-0.39, 0.29) is 29.1 Å². The van der Waals surface area contributed by atoms with Gasteiger partial charge in [-0.1, -0.05) is 0 Å². The van der Waals surface area contributed by atoms with Gasteiger partial charge in [0.25, 0.3) is 0 Å². The van der Waals surface area contributed by atoms with Crippen LogP contribution in [0.2, 0.25) is 0 Å². The van der Waals surface area contributed by atoms with Crippen molar-refractivity contribution in [2.24, 2.45) is 5.41 Å². The van der Waals surface area contributed by atoms with E-state index in [2.05, 4.69) is 11.0 Å². The molecule has 0 N–H and O–H groups in total. The summed E-state index contributed by atoms with van der Waals surface area (Å²) in [4.78, 5) is 31.1. The maximum atomic E-state index is 13.0. The van der Waals surface area contributed by atoms with E-state index < -0.39 is 5.60 Å².